The highest BCUT2D eigenvalue weighted by Gasteiger charge is 2.30. The van der Waals surface area contributed by atoms with E-state index in [4.69, 9.17) is 0 Å². The predicted octanol–water partition coefficient (Wildman–Crippen LogP) is 5.03. The number of nitrogens with zero attached hydrogens (tertiary/aromatic N) is 2. The lowest BCUT2D eigenvalue weighted by Crippen LogP contribution is -2.14. The van der Waals surface area contributed by atoms with Gasteiger partial charge in [0.2, 0.25) is 5.91 Å². The Morgan fingerprint density at radius 1 is 1.09 bits per heavy atom. The molecule has 10 heteroatoms. The van der Waals surface area contributed by atoms with Gasteiger partial charge in [-0.15, -0.1) is 11.3 Å². The lowest BCUT2D eigenvalue weighted by Gasteiger charge is -2.07. The number of alkyl halides is 3. The van der Waals surface area contributed by atoms with Crippen molar-refractivity contribution >= 4 is 33.3 Å². The summed E-state index contributed by atoms with van der Waals surface area (Å²) in [6.45, 7) is 0. The quantitative estimate of drug-likeness (QED) is 0.424. The summed E-state index contributed by atoms with van der Waals surface area (Å²) in [6.07, 6.45) is -3.39. The molecule has 0 radical (unpaired) electrons. The number of carbonyl (C=O) groups excluding carboxylic acids is 1. The van der Waals surface area contributed by atoms with E-state index in [1.807, 2.05) is 0 Å². The molecule has 2 aromatic heterocycles. The minimum Gasteiger partial charge on any atom is -0.310 e. The molecule has 0 spiro atoms. The van der Waals surface area contributed by atoms with Crippen LogP contribution in [-0.4, -0.2) is 20.9 Å². The van der Waals surface area contributed by atoms with E-state index in [-0.39, 0.29) is 17.9 Å². The average Bonchev–Trinajstić information content (AvgIpc) is 3.22. The van der Waals surface area contributed by atoms with Crippen molar-refractivity contribution in [1.82, 2.24) is 15.0 Å². The number of halogens is 3. The van der Waals surface area contributed by atoms with Crippen LogP contribution in [0.15, 0.2) is 58.7 Å². The third-order valence-corrected chi connectivity index (χ3v) is 5.47. The second-order valence-electron chi connectivity index (χ2n) is 7.05. The van der Waals surface area contributed by atoms with Gasteiger partial charge in [-0.3, -0.25) is 9.59 Å². The number of H-pyrrole nitrogens is 1. The van der Waals surface area contributed by atoms with Crippen molar-refractivity contribution in [2.45, 2.75) is 25.4 Å². The molecular weight excluding hydrogens is 441 g/mol. The average molecular weight is 458 g/mol. The van der Waals surface area contributed by atoms with Crippen molar-refractivity contribution in [2.24, 2.45) is 0 Å². The number of anilines is 1. The lowest BCUT2D eigenvalue weighted by atomic mass is 10.1. The Bertz CT molecular complexity index is 1330. The standard InChI is InChI=1S/C22H17F3N4O2S/c23-22(24,25)14-6-3-5-13(11-14)17-12-32-21(27-17)29-19(30)10-4-9-18-26-16-8-2-1-7-15(16)20(31)28-18/h1-3,5-8,11-12H,4,9-10H2,(H,26,28,31)(H,27,29,30). The largest absolute Gasteiger partial charge is 0.416 e. The summed E-state index contributed by atoms with van der Waals surface area (Å²) in [7, 11) is 0. The fourth-order valence-corrected chi connectivity index (χ4v) is 3.91. The number of thiazole rings is 1. The smallest absolute Gasteiger partial charge is 0.310 e. The molecule has 6 nitrogen and oxygen atoms in total. The summed E-state index contributed by atoms with van der Waals surface area (Å²) in [4.78, 5) is 35.7. The van der Waals surface area contributed by atoms with Crippen LogP contribution in [-0.2, 0) is 17.4 Å². The molecule has 0 aliphatic rings. The first kappa shape index (κ1) is 21.7. The fourth-order valence-electron chi connectivity index (χ4n) is 3.17. The molecule has 2 heterocycles. The predicted molar refractivity (Wildman–Crippen MR) is 116 cm³/mol. The first-order valence-corrected chi connectivity index (χ1v) is 10.6. The third kappa shape index (κ3) is 5.02. The van der Waals surface area contributed by atoms with E-state index < -0.39 is 11.7 Å². The number of benzene rings is 2. The van der Waals surface area contributed by atoms with Crippen molar-refractivity contribution in [3.05, 3.63) is 75.7 Å². The first-order chi connectivity index (χ1) is 15.3. The van der Waals surface area contributed by atoms with Crippen LogP contribution >= 0.6 is 11.3 Å². The molecular formula is C22H17F3N4O2S. The van der Waals surface area contributed by atoms with E-state index in [1.54, 1.807) is 29.6 Å². The zero-order valence-electron chi connectivity index (χ0n) is 16.6. The number of aromatic nitrogens is 3. The Balaban J connectivity index is 1.35. The van der Waals surface area contributed by atoms with Gasteiger partial charge in [-0.05, 0) is 30.7 Å². The van der Waals surface area contributed by atoms with E-state index in [1.165, 1.54) is 12.1 Å². The summed E-state index contributed by atoms with van der Waals surface area (Å²) < 4.78 is 38.7. The molecule has 0 bridgehead atoms. The number of rotatable bonds is 6. The number of nitrogens with one attached hydrogen (secondary N) is 2. The molecule has 0 atom stereocenters. The molecule has 4 rings (SSSR count). The van der Waals surface area contributed by atoms with Gasteiger partial charge in [0.1, 0.15) is 5.82 Å². The van der Waals surface area contributed by atoms with Gasteiger partial charge >= 0.3 is 6.18 Å². The molecule has 0 saturated heterocycles. The Morgan fingerprint density at radius 2 is 1.91 bits per heavy atom. The highest BCUT2D eigenvalue weighted by atomic mass is 32.1. The van der Waals surface area contributed by atoms with Crippen LogP contribution in [0.4, 0.5) is 18.3 Å². The van der Waals surface area contributed by atoms with Crippen LogP contribution in [0.25, 0.3) is 22.2 Å². The van der Waals surface area contributed by atoms with Crippen molar-refractivity contribution in [3.8, 4) is 11.3 Å². The number of para-hydroxylation sites is 1. The fraction of sp³-hybridized carbons (Fsp3) is 0.182. The number of hydrogen-bond donors (Lipinski definition) is 2. The topological polar surface area (TPSA) is 87.7 Å². The van der Waals surface area contributed by atoms with Crippen LogP contribution in [0.1, 0.15) is 24.2 Å². The SMILES string of the molecule is O=C(CCCc1nc2ccccc2c(=O)[nH]1)Nc1nc(-c2cccc(C(F)(F)F)c2)cs1. The normalized spacial score (nSPS) is 11.6. The maximum atomic E-state index is 12.9. The maximum Gasteiger partial charge on any atom is 0.416 e. The Morgan fingerprint density at radius 3 is 2.72 bits per heavy atom. The second kappa shape index (κ2) is 8.91. The second-order valence-corrected chi connectivity index (χ2v) is 7.91. The molecule has 1 amide bonds. The van der Waals surface area contributed by atoms with E-state index in [0.29, 0.717) is 46.0 Å². The summed E-state index contributed by atoms with van der Waals surface area (Å²) in [5, 5.41) is 5.06. The van der Waals surface area contributed by atoms with E-state index in [0.717, 1.165) is 23.5 Å². The van der Waals surface area contributed by atoms with Gasteiger partial charge in [0, 0.05) is 23.8 Å². The monoisotopic (exact) mass is 458 g/mol. The number of aryl methyl sites for hydroxylation is 1. The molecule has 164 valence electrons. The Labute approximate surface area is 184 Å². The van der Waals surface area contributed by atoms with Crippen LogP contribution in [0, 0.1) is 0 Å². The van der Waals surface area contributed by atoms with E-state index in [2.05, 4.69) is 20.3 Å². The minimum absolute atomic E-state index is 0.176. The summed E-state index contributed by atoms with van der Waals surface area (Å²) in [5.41, 5.74) is 0.298. The molecule has 2 N–H and O–H groups in total. The zero-order chi connectivity index (χ0) is 22.7. The number of carbonyl (C=O) groups is 1. The van der Waals surface area contributed by atoms with Crippen LogP contribution in [0.5, 0.6) is 0 Å². The van der Waals surface area contributed by atoms with Gasteiger partial charge in [-0.2, -0.15) is 13.2 Å². The third-order valence-electron chi connectivity index (χ3n) is 4.72. The molecule has 0 unspecified atom stereocenters. The lowest BCUT2D eigenvalue weighted by molar-refractivity contribution is -0.137. The molecule has 0 aliphatic carbocycles. The van der Waals surface area contributed by atoms with Crippen molar-refractivity contribution < 1.29 is 18.0 Å². The molecule has 4 aromatic rings. The molecule has 2 aromatic carbocycles. The van der Waals surface area contributed by atoms with Gasteiger partial charge in [0.15, 0.2) is 5.13 Å². The van der Waals surface area contributed by atoms with Gasteiger partial charge in [-0.25, -0.2) is 9.97 Å². The van der Waals surface area contributed by atoms with Gasteiger partial charge in [0.25, 0.3) is 5.56 Å². The summed E-state index contributed by atoms with van der Waals surface area (Å²) in [5.74, 6) is 0.223. The Kier molecular flexibility index (Phi) is 6.04. The first-order valence-electron chi connectivity index (χ1n) is 9.70. The molecule has 0 saturated carbocycles. The van der Waals surface area contributed by atoms with E-state index in [9.17, 15) is 22.8 Å². The van der Waals surface area contributed by atoms with E-state index >= 15 is 0 Å². The maximum absolute atomic E-state index is 12.9. The van der Waals surface area contributed by atoms with Crippen LogP contribution in [0.3, 0.4) is 0 Å². The van der Waals surface area contributed by atoms with Gasteiger partial charge < -0.3 is 10.3 Å². The number of aromatic amines is 1. The van der Waals surface area contributed by atoms with Crippen molar-refractivity contribution in [2.75, 3.05) is 5.32 Å². The molecule has 0 aliphatic heterocycles. The van der Waals surface area contributed by atoms with Crippen LogP contribution in [0.2, 0.25) is 0 Å². The Hall–Kier alpha value is -3.53. The summed E-state index contributed by atoms with van der Waals surface area (Å²) in [6, 6.07) is 11.9. The van der Waals surface area contributed by atoms with Gasteiger partial charge in [0.05, 0.1) is 22.2 Å². The van der Waals surface area contributed by atoms with Crippen molar-refractivity contribution in [3.63, 3.8) is 0 Å². The summed E-state index contributed by atoms with van der Waals surface area (Å²) >= 11 is 1.14. The minimum atomic E-state index is -4.44. The highest BCUT2D eigenvalue weighted by molar-refractivity contribution is 7.14. The number of amides is 1. The molecule has 32 heavy (non-hydrogen) atoms. The van der Waals surface area contributed by atoms with Gasteiger partial charge in [-0.1, -0.05) is 24.3 Å². The molecule has 0 fully saturated rings. The number of fused-ring (bicyclic) bond motifs is 1. The highest BCUT2D eigenvalue weighted by Crippen LogP contribution is 2.33. The zero-order valence-corrected chi connectivity index (χ0v) is 17.4. The number of hydrogen-bond acceptors (Lipinski definition) is 5. The van der Waals surface area contributed by atoms with Crippen molar-refractivity contribution in [1.29, 1.82) is 0 Å². The van der Waals surface area contributed by atoms with Crippen LogP contribution < -0.4 is 10.9 Å².